The van der Waals surface area contributed by atoms with E-state index in [9.17, 15) is 4.55 Å². The Morgan fingerprint density at radius 2 is 2.62 bits per heavy atom. The molecule has 1 aliphatic rings. The lowest BCUT2D eigenvalue weighted by Gasteiger charge is -1.97. The standard InChI is InChI=1S/C6H6OS/c1-2-6-3-4-8(7)5-6/h1,3-4,6H,5H2. The Labute approximate surface area is 52.0 Å². The van der Waals surface area contributed by atoms with E-state index in [2.05, 4.69) is 5.92 Å². The Hall–Kier alpha value is -0.390. The van der Waals surface area contributed by atoms with E-state index in [1.54, 1.807) is 5.41 Å². The number of hydrogen-bond donors (Lipinski definition) is 0. The Balaban J connectivity index is 2.49. The minimum Gasteiger partial charge on any atom is -0.612 e. The zero-order valence-electron chi connectivity index (χ0n) is 4.33. The molecule has 2 heteroatoms. The van der Waals surface area contributed by atoms with Gasteiger partial charge in [-0.1, -0.05) is 5.92 Å². The summed E-state index contributed by atoms with van der Waals surface area (Å²) >= 11 is -0.776. The molecule has 0 fully saturated rings. The van der Waals surface area contributed by atoms with E-state index < -0.39 is 11.2 Å². The summed E-state index contributed by atoms with van der Waals surface area (Å²) in [4.78, 5) is 0. The maximum absolute atomic E-state index is 10.5. The van der Waals surface area contributed by atoms with Gasteiger partial charge in [0.1, 0.15) is 11.2 Å². The average Bonchev–Trinajstić information content (AvgIpc) is 2.14. The minimum atomic E-state index is -0.776. The van der Waals surface area contributed by atoms with Crippen molar-refractivity contribution in [2.75, 3.05) is 5.75 Å². The molecule has 0 aliphatic carbocycles. The highest BCUT2D eigenvalue weighted by atomic mass is 32.2. The van der Waals surface area contributed by atoms with Gasteiger partial charge >= 0.3 is 0 Å². The molecule has 0 spiro atoms. The molecule has 1 heterocycles. The Morgan fingerprint density at radius 1 is 1.88 bits per heavy atom. The molecule has 2 unspecified atom stereocenters. The number of hydrogen-bond acceptors (Lipinski definition) is 1. The van der Waals surface area contributed by atoms with Gasteiger partial charge in [0.05, 0.1) is 5.92 Å². The normalized spacial score (nSPS) is 35.0. The van der Waals surface area contributed by atoms with Crippen molar-refractivity contribution in [1.29, 1.82) is 0 Å². The molecular formula is C6H6OS. The third kappa shape index (κ3) is 1.06. The molecular weight excluding hydrogens is 120 g/mol. The first kappa shape index (κ1) is 5.74. The molecule has 0 bridgehead atoms. The molecule has 8 heavy (non-hydrogen) atoms. The van der Waals surface area contributed by atoms with Crippen molar-refractivity contribution in [1.82, 2.24) is 0 Å². The zero-order valence-corrected chi connectivity index (χ0v) is 5.15. The molecule has 1 aliphatic heterocycles. The fourth-order valence-corrected chi connectivity index (χ4v) is 1.61. The molecule has 2 atom stereocenters. The predicted molar refractivity (Wildman–Crippen MR) is 34.5 cm³/mol. The van der Waals surface area contributed by atoms with Gasteiger partial charge < -0.3 is 4.55 Å². The zero-order chi connectivity index (χ0) is 5.98. The van der Waals surface area contributed by atoms with Crippen molar-refractivity contribution in [2.24, 2.45) is 5.92 Å². The highest BCUT2D eigenvalue weighted by molar-refractivity contribution is 7.94. The van der Waals surface area contributed by atoms with Crippen LogP contribution in [0.4, 0.5) is 0 Å². The van der Waals surface area contributed by atoms with E-state index in [0.717, 1.165) is 0 Å². The van der Waals surface area contributed by atoms with Crippen molar-refractivity contribution in [3.63, 3.8) is 0 Å². The van der Waals surface area contributed by atoms with Crippen molar-refractivity contribution in [3.8, 4) is 12.3 Å². The van der Waals surface area contributed by atoms with Gasteiger partial charge in [-0.2, -0.15) is 0 Å². The lowest BCUT2D eigenvalue weighted by molar-refractivity contribution is 0.603. The van der Waals surface area contributed by atoms with Gasteiger partial charge in [-0.25, -0.2) is 0 Å². The SMILES string of the molecule is C#CC1C=C[S+]([O-])C1. The van der Waals surface area contributed by atoms with Gasteiger partial charge in [-0.3, -0.25) is 0 Å². The Bertz CT molecular complexity index is 145. The van der Waals surface area contributed by atoms with Crippen LogP contribution in [0.15, 0.2) is 11.5 Å². The van der Waals surface area contributed by atoms with Crippen molar-refractivity contribution < 1.29 is 4.55 Å². The summed E-state index contributed by atoms with van der Waals surface area (Å²) in [5, 5.41) is 1.66. The van der Waals surface area contributed by atoms with Crippen LogP contribution in [-0.2, 0) is 11.2 Å². The highest BCUT2D eigenvalue weighted by Gasteiger charge is 2.16. The monoisotopic (exact) mass is 126 g/mol. The van der Waals surface area contributed by atoms with E-state index in [1.165, 1.54) is 0 Å². The van der Waals surface area contributed by atoms with Crippen molar-refractivity contribution in [2.45, 2.75) is 0 Å². The fourth-order valence-electron chi connectivity index (χ4n) is 0.574. The molecule has 0 radical (unpaired) electrons. The van der Waals surface area contributed by atoms with Gasteiger partial charge in [0.25, 0.3) is 0 Å². The van der Waals surface area contributed by atoms with Gasteiger partial charge in [-0.05, 0) is 17.3 Å². The topological polar surface area (TPSA) is 23.1 Å². The molecule has 0 saturated carbocycles. The third-order valence-electron chi connectivity index (χ3n) is 1.02. The quantitative estimate of drug-likeness (QED) is 0.342. The van der Waals surface area contributed by atoms with Crippen LogP contribution in [0.2, 0.25) is 0 Å². The molecule has 0 amide bonds. The minimum absolute atomic E-state index is 0.121. The van der Waals surface area contributed by atoms with Crippen LogP contribution in [0.25, 0.3) is 0 Å². The molecule has 1 rings (SSSR count). The summed E-state index contributed by atoms with van der Waals surface area (Å²) in [6.07, 6.45) is 6.88. The first-order chi connectivity index (χ1) is 3.83. The van der Waals surface area contributed by atoms with Crippen LogP contribution >= 0.6 is 0 Å². The lowest BCUT2D eigenvalue weighted by atomic mass is 10.2. The van der Waals surface area contributed by atoms with Crippen LogP contribution in [0.5, 0.6) is 0 Å². The van der Waals surface area contributed by atoms with Gasteiger partial charge in [0.15, 0.2) is 0 Å². The van der Waals surface area contributed by atoms with Crippen LogP contribution in [0.1, 0.15) is 0 Å². The number of terminal acetylenes is 1. The molecule has 0 saturated heterocycles. The fraction of sp³-hybridized carbons (Fsp3) is 0.333. The van der Waals surface area contributed by atoms with Crippen LogP contribution in [0, 0.1) is 18.3 Å². The summed E-state index contributed by atoms with van der Waals surface area (Å²) in [6, 6.07) is 0. The van der Waals surface area contributed by atoms with Crippen molar-refractivity contribution in [3.05, 3.63) is 11.5 Å². The van der Waals surface area contributed by atoms with Crippen LogP contribution in [-0.4, -0.2) is 10.3 Å². The van der Waals surface area contributed by atoms with E-state index in [1.807, 2.05) is 6.08 Å². The maximum Gasteiger partial charge on any atom is 0.127 e. The van der Waals surface area contributed by atoms with Crippen LogP contribution in [0.3, 0.4) is 0 Å². The van der Waals surface area contributed by atoms with E-state index >= 15 is 0 Å². The second-order valence-electron chi connectivity index (χ2n) is 1.65. The van der Waals surface area contributed by atoms with E-state index in [-0.39, 0.29) is 5.92 Å². The second kappa shape index (κ2) is 2.25. The summed E-state index contributed by atoms with van der Waals surface area (Å²) in [5.74, 6) is 3.26. The summed E-state index contributed by atoms with van der Waals surface area (Å²) < 4.78 is 10.5. The molecule has 1 nitrogen and oxygen atoms in total. The van der Waals surface area contributed by atoms with Crippen LogP contribution < -0.4 is 0 Å². The number of allylic oxidation sites excluding steroid dienone is 1. The highest BCUT2D eigenvalue weighted by Crippen LogP contribution is 2.12. The van der Waals surface area contributed by atoms with E-state index in [0.29, 0.717) is 5.75 Å². The molecule has 0 aromatic carbocycles. The largest absolute Gasteiger partial charge is 0.612 e. The first-order valence-corrected chi connectivity index (χ1v) is 3.73. The molecule has 42 valence electrons. The number of rotatable bonds is 0. The Morgan fingerprint density at radius 3 is 2.88 bits per heavy atom. The second-order valence-corrected chi connectivity index (χ2v) is 3.02. The smallest absolute Gasteiger partial charge is 0.127 e. The van der Waals surface area contributed by atoms with Gasteiger partial charge in [-0.15, -0.1) is 6.42 Å². The molecule has 0 aromatic heterocycles. The first-order valence-electron chi connectivity index (χ1n) is 2.34. The predicted octanol–water partition coefficient (Wildman–Crippen LogP) is 0.512. The van der Waals surface area contributed by atoms with E-state index in [4.69, 9.17) is 6.42 Å². The molecule has 0 N–H and O–H groups in total. The lowest BCUT2D eigenvalue weighted by Crippen LogP contribution is -2.02. The van der Waals surface area contributed by atoms with Gasteiger partial charge in [0, 0.05) is 0 Å². The summed E-state index contributed by atoms with van der Waals surface area (Å²) in [5.41, 5.74) is 0. The van der Waals surface area contributed by atoms with Gasteiger partial charge in [0.2, 0.25) is 0 Å². The summed E-state index contributed by atoms with van der Waals surface area (Å²) in [7, 11) is 0. The maximum atomic E-state index is 10.5. The van der Waals surface area contributed by atoms with Crippen molar-refractivity contribution >= 4 is 11.2 Å². The summed E-state index contributed by atoms with van der Waals surface area (Å²) in [6.45, 7) is 0. The Kier molecular flexibility index (Phi) is 1.62. The third-order valence-corrected chi connectivity index (χ3v) is 2.17. The molecule has 0 aromatic rings. The average molecular weight is 126 g/mol.